The minimum atomic E-state index is -4.84. The SMILES string of the molecule is C[C@@H]1CN2C=C(C3=CCN(C=O)CC3)C=C(C(=O)N[C@H](C)c3cccc(C(F)(F)F)c3F)C2=N1. The molecule has 0 aromatic heterocycles. The van der Waals surface area contributed by atoms with Crippen LogP contribution in [0, 0.1) is 5.82 Å². The lowest BCUT2D eigenvalue weighted by atomic mass is 9.95. The molecule has 34 heavy (non-hydrogen) atoms. The van der Waals surface area contributed by atoms with Crippen molar-refractivity contribution in [3.8, 4) is 0 Å². The van der Waals surface area contributed by atoms with Crippen LogP contribution in [0.1, 0.15) is 37.4 Å². The number of benzene rings is 1. The zero-order valence-electron chi connectivity index (χ0n) is 18.7. The van der Waals surface area contributed by atoms with Gasteiger partial charge in [-0.25, -0.2) is 4.39 Å². The van der Waals surface area contributed by atoms with Crippen molar-refractivity contribution in [3.63, 3.8) is 0 Å². The summed E-state index contributed by atoms with van der Waals surface area (Å²) < 4.78 is 53.9. The summed E-state index contributed by atoms with van der Waals surface area (Å²) in [5.41, 5.74) is 0.431. The second-order valence-electron chi connectivity index (χ2n) is 8.58. The number of amidine groups is 1. The Hall–Kier alpha value is -3.43. The Morgan fingerprint density at radius 2 is 2.09 bits per heavy atom. The van der Waals surface area contributed by atoms with Gasteiger partial charge in [0.15, 0.2) is 0 Å². The molecule has 3 heterocycles. The van der Waals surface area contributed by atoms with Gasteiger partial charge in [-0.05, 0) is 43.6 Å². The van der Waals surface area contributed by atoms with Crippen molar-refractivity contribution in [2.45, 2.75) is 38.5 Å². The summed E-state index contributed by atoms with van der Waals surface area (Å²) in [7, 11) is 0. The van der Waals surface area contributed by atoms with E-state index < -0.39 is 29.5 Å². The smallest absolute Gasteiger partial charge is 0.345 e. The number of carbonyl (C=O) groups excluding carboxylic acids is 2. The van der Waals surface area contributed by atoms with E-state index in [-0.39, 0.29) is 17.2 Å². The molecule has 2 amide bonds. The molecule has 1 aromatic rings. The summed E-state index contributed by atoms with van der Waals surface area (Å²) in [6, 6.07) is 1.96. The minimum absolute atomic E-state index is 0.0500. The molecule has 1 N–H and O–H groups in total. The standard InChI is InChI=1S/C24H24F4N4O2/c1-14-11-32-12-17(16-6-8-31(13-33)9-7-16)10-19(22(32)29-14)23(34)30-15(2)18-4-3-5-20(21(18)25)24(26,27)28/h3-6,10,12-15H,7-9,11H2,1-2H3,(H,30,34)/t14-,15-/m1/s1. The molecular formula is C24H24F4N4O2. The molecule has 3 aliphatic heterocycles. The number of hydrogen-bond acceptors (Lipinski definition) is 4. The van der Waals surface area contributed by atoms with E-state index in [1.54, 1.807) is 11.0 Å². The van der Waals surface area contributed by atoms with Gasteiger partial charge in [0.1, 0.15) is 11.7 Å². The first-order valence-electron chi connectivity index (χ1n) is 10.9. The number of rotatable bonds is 5. The number of nitrogens with one attached hydrogen (secondary N) is 1. The zero-order valence-corrected chi connectivity index (χ0v) is 18.7. The number of carbonyl (C=O) groups is 2. The summed E-state index contributed by atoms with van der Waals surface area (Å²) in [6.45, 7) is 4.96. The van der Waals surface area contributed by atoms with Crippen molar-refractivity contribution >= 4 is 18.2 Å². The largest absolute Gasteiger partial charge is 0.419 e. The maximum absolute atomic E-state index is 14.6. The summed E-state index contributed by atoms with van der Waals surface area (Å²) >= 11 is 0. The van der Waals surface area contributed by atoms with Gasteiger partial charge in [-0.15, -0.1) is 0 Å². The molecule has 0 radical (unpaired) electrons. The number of alkyl halides is 3. The molecule has 2 atom stereocenters. The highest BCUT2D eigenvalue weighted by Gasteiger charge is 2.36. The average molecular weight is 476 g/mol. The van der Waals surface area contributed by atoms with Crippen LogP contribution in [0.5, 0.6) is 0 Å². The minimum Gasteiger partial charge on any atom is -0.345 e. The Morgan fingerprint density at radius 1 is 1.32 bits per heavy atom. The lowest BCUT2D eigenvalue weighted by Gasteiger charge is -2.28. The van der Waals surface area contributed by atoms with Crippen LogP contribution in [-0.2, 0) is 15.8 Å². The molecule has 0 unspecified atom stereocenters. The fourth-order valence-corrected chi connectivity index (χ4v) is 4.30. The van der Waals surface area contributed by atoms with Gasteiger partial charge < -0.3 is 15.1 Å². The van der Waals surface area contributed by atoms with E-state index in [1.807, 2.05) is 24.1 Å². The highest BCUT2D eigenvalue weighted by atomic mass is 19.4. The van der Waals surface area contributed by atoms with Crippen molar-refractivity contribution in [1.82, 2.24) is 15.1 Å². The topological polar surface area (TPSA) is 65.0 Å². The zero-order chi connectivity index (χ0) is 24.6. The van der Waals surface area contributed by atoms with Crippen molar-refractivity contribution in [3.05, 3.63) is 70.2 Å². The number of amides is 2. The van der Waals surface area contributed by atoms with Gasteiger partial charge in [-0.2, -0.15) is 13.2 Å². The van der Waals surface area contributed by atoms with E-state index in [1.165, 1.54) is 13.0 Å². The Morgan fingerprint density at radius 3 is 2.74 bits per heavy atom. The molecule has 0 saturated carbocycles. The number of halogens is 4. The van der Waals surface area contributed by atoms with E-state index in [2.05, 4.69) is 10.3 Å². The van der Waals surface area contributed by atoms with Crippen LogP contribution >= 0.6 is 0 Å². The van der Waals surface area contributed by atoms with Crippen LogP contribution in [0.4, 0.5) is 17.6 Å². The van der Waals surface area contributed by atoms with Gasteiger partial charge in [0.2, 0.25) is 6.41 Å². The molecule has 0 saturated heterocycles. The van der Waals surface area contributed by atoms with E-state index in [4.69, 9.17) is 0 Å². The highest BCUT2D eigenvalue weighted by Crippen LogP contribution is 2.34. The summed E-state index contributed by atoms with van der Waals surface area (Å²) in [4.78, 5) is 32.3. The first-order chi connectivity index (χ1) is 16.1. The van der Waals surface area contributed by atoms with Gasteiger partial charge in [0.25, 0.3) is 5.91 Å². The third kappa shape index (κ3) is 4.62. The number of fused-ring (bicyclic) bond motifs is 1. The van der Waals surface area contributed by atoms with Gasteiger partial charge >= 0.3 is 6.18 Å². The van der Waals surface area contributed by atoms with E-state index in [9.17, 15) is 27.2 Å². The molecule has 0 aliphatic carbocycles. The third-order valence-electron chi connectivity index (χ3n) is 6.06. The Balaban J connectivity index is 1.61. The quantitative estimate of drug-likeness (QED) is 0.520. The van der Waals surface area contributed by atoms with Crippen molar-refractivity contribution < 1.29 is 27.2 Å². The first kappa shape index (κ1) is 23.7. The monoisotopic (exact) mass is 476 g/mol. The second kappa shape index (κ2) is 9.08. The molecule has 4 rings (SSSR count). The van der Waals surface area contributed by atoms with E-state index in [0.29, 0.717) is 38.0 Å². The van der Waals surface area contributed by atoms with Crippen LogP contribution in [0.2, 0.25) is 0 Å². The number of hydrogen-bond donors (Lipinski definition) is 1. The summed E-state index contributed by atoms with van der Waals surface area (Å²) in [5, 5.41) is 2.63. The predicted octanol–water partition coefficient (Wildman–Crippen LogP) is 3.74. The van der Waals surface area contributed by atoms with Crippen molar-refractivity contribution in [2.24, 2.45) is 4.99 Å². The Kier molecular flexibility index (Phi) is 6.33. The number of aliphatic imine (C=N–C) groups is 1. The molecule has 6 nitrogen and oxygen atoms in total. The van der Waals surface area contributed by atoms with Crippen molar-refractivity contribution in [1.29, 1.82) is 0 Å². The molecule has 0 fully saturated rings. The molecule has 180 valence electrons. The normalized spacial score (nSPS) is 21.2. The Bertz CT molecular complexity index is 1140. The predicted molar refractivity (Wildman–Crippen MR) is 118 cm³/mol. The average Bonchev–Trinajstić information content (AvgIpc) is 3.17. The van der Waals surface area contributed by atoms with Crippen LogP contribution in [0.15, 0.2) is 58.3 Å². The molecule has 0 bridgehead atoms. The molecule has 10 heteroatoms. The lowest BCUT2D eigenvalue weighted by Crippen LogP contribution is -2.37. The fraction of sp³-hybridized carbons (Fsp3) is 0.375. The Labute approximate surface area is 194 Å². The van der Waals surface area contributed by atoms with Crippen LogP contribution in [0.25, 0.3) is 0 Å². The van der Waals surface area contributed by atoms with Gasteiger partial charge in [0.05, 0.1) is 23.2 Å². The molecule has 1 aromatic carbocycles. The fourth-order valence-electron chi connectivity index (χ4n) is 4.30. The first-order valence-corrected chi connectivity index (χ1v) is 10.9. The van der Waals surface area contributed by atoms with Crippen LogP contribution in [0.3, 0.4) is 0 Å². The molecular weight excluding hydrogens is 452 g/mol. The van der Waals surface area contributed by atoms with E-state index >= 15 is 0 Å². The third-order valence-corrected chi connectivity index (χ3v) is 6.06. The van der Waals surface area contributed by atoms with Crippen LogP contribution < -0.4 is 5.32 Å². The highest BCUT2D eigenvalue weighted by molar-refractivity contribution is 6.22. The lowest BCUT2D eigenvalue weighted by molar-refractivity contribution is -0.140. The molecule has 0 spiro atoms. The van der Waals surface area contributed by atoms with Gasteiger partial charge in [-0.1, -0.05) is 18.2 Å². The maximum Gasteiger partial charge on any atom is 0.419 e. The number of allylic oxidation sites excluding steroid dienone is 2. The van der Waals surface area contributed by atoms with Crippen LogP contribution in [-0.4, -0.2) is 53.6 Å². The van der Waals surface area contributed by atoms with Gasteiger partial charge in [-0.3, -0.25) is 14.6 Å². The summed E-state index contributed by atoms with van der Waals surface area (Å²) in [5.74, 6) is -1.49. The molecule has 3 aliphatic rings. The maximum atomic E-state index is 14.6. The number of nitrogens with zero attached hydrogens (tertiary/aromatic N) is 3. The second-order valence-corrected chi connectivity index (χ2v) is 8.58. The van der Waals surface area contributed by atoms with Crippen molar-refractivity contribution in [2.75, 3.05) is 19.6 Å². The van der Waals surface area contributed by atoms with Gasteiger partial charge in [0, 0.05) is 31.4 Å². The van der Waals surface area contributed by atoms with E-state index in [0.717, 1.165) is 23.6 Å². The summed E-state index contributed by atoms with van der Waals surface area (Å²) in [6.07, 6.45) is 2.11.